The molecule has 2 aliphatic rings. The highest BCUT2D eigenvalue weighted by atomic mass is 35.5. The third-order valence-electron chi connectivity index (χ3n) is 5.18. The fraction of sp³-hybridized carbons (Fsp3) is 0.476. The lowest BCUT2D eigenvalue weighted by atomic mass is 9.84. The summed E-state index contributed by atoms with van der Waals surface area (Å²) in [6.07, 6.45) is 2.17. The number of nitrogens with zero attached hydrogens (tertiary/aromatic N) is 2. The standard InChI is InChI=1S/C21H25ClN2O2/c1-16-4-2-7-19(23-16)13-25-20-8-9-26-21(11-20)14-24(15-21)12-17-5-3-6-18(22)10-17/h2-7,10,20H,8-9,11-15H2,1H3/t20-/m0/s1. The van der Waals surface area contributed by atoms with Crippen LogP contribution < -0.4 is 0 Å². The van der Waals surface area contributed by atoms with E-state index in [1.165, 1.54) is 5.56 Å². The quantitative estimate of drug-likeness (QED) is 0.794. The number of hydrogen-bond donors (Lipinski definition) is 0. The second-order valence-electron chi connectivity index (χ2n) is 7.50. The van der Waals surface area contributed by atoms with Crippen molar-refractivity contribution in [1.29, 1.82) is 0 Å². The number of hydrogen-bond acceptors (Lipinski definition) is 4. The normalized spacial score (nSPS) is 22.3. The third kappa shape index (κ3) is 4.26. The molecule has 0 aliphatic carbocycles. The number of ether oxygens (including phenoxy) is 2. The number of aromatic nitrogens is 1. The second kappa shape index (κ2) is 7.65. The Kier molecular flexibility index (Phi) is 5.28. The highest BCUT2D eigenvalue weighted by Gasteiger charge is 2.47. The second-order valence-corrected chi connectivity index (χ2v) is 7.94. The monoisotopic (exact) mass is 372 g/mol. The molecule has 138 valence electrons. The molecule has 4 rings (SSSR count). The van der Waals surface area contributed by atoms with E-state index in [0.29, 0.717) is 6.61 Å². The summed E-state index contributed by atoms with van der Waals surface area (Å²) in [4.78, 5) is 6.93. The molecule has 26 heavy (non-hydrogen) atoms. The third-order valence-corrected chi connectivity index (χ3v) is 5.41. The summed E-state index contributed by atoms with van der Waals surface area (Å²) in [5, 5.41) is 0.796. The first-order valence-corrected chi connectivity index (χ1v) is 9.63. The molecule has 2 aliphatic heterocycles. The molecule has 0 amide bonds. The Morgan fingerprint density at radius 2 is 2.12 bits per heavy atom. The molecular weight excluding hydrogens is 348 g/mol. The van der Waals surface area contributed by atoms with Crippen molar-refractivity contribution in [2.24, 2.45) is 0 Å². The Morgan fingerprint density at radius 3 is 2.92 bits per heavy atom. The molecule has 0 saturated carbocycles. The van der Waals surface area contributed by atoms with E-state index in [1.807, 2.05) is 43.3 Å². The Balaban J connectivity index is 1.28. The van der Waals surface area contributed by atoms with Crippen LogP contribution in [0.25, 0.3) is 0 Å². The predicted molar refractivity (Wildman–Crippen MR) is 102 cm³/mol. The molecule has 0 radical (unpaired) electrons. The fourth-order valence-corrected chi connectivity index (χ4v) is 4.22. The van der Waals surface area contributed by atoms with E-state index in [2.05, 4.69) is 16.0 Å². The molecule has 3 heterocycles. The number of pyridine rings is 1. The minimum atomic E-state index is -0.0402. The Morgan fingerprint density at radius 1 is 1.27 bits per heavy atom. The van der Waals surface area contributed by atoms with Crippen LogP contribution in [-0.4, -0.2) is 41.3 Å². The van der Waals surface area contributed by atoms with E-state index in [0.717, 1.165) is 55.5 Å². The van der Waals surface area contributed by atoms with Gasteiger partial charge in [-0.1, -0.05) is 29.8 Å². The van der Waals surface area contributed by atoms with Crippen LogP contribution in [0.15, 0.2) is 42.5 Å². The van der Waals surface area contributed by atoms with Crippen LogP contribution in [0.4, 0.5) is 0 Å². The van der Waals surface area contributed by atoms with Crippen molar-refractivity contribution >= 4 is 11.6 Å². The lowest BCUT2D eigenvalue weighted by molar-refractivity contribution is -0.200. The zero-order valence-electron chi connectivity index (χ0n) is 15.2. The summed E-state index contributed by atoms with van der Waals surface area (Å²) < 4.78 is 12.3. The van der Waals surface area contributed by atoms with Gasteiger partial charge in [-0.3, -0.25) is 9.88 Å². The molecular formula is C21H25ClN2O2. The van der Waals surface area contributed by atoms with Crippen molar-refractivity contribution in [3.63, 3.8) is 0 Å². The van der Waals surface area contributed by atoms with Gasteiger partial charge in [0.25, 0.3) is 0 Å². The van der Waals surface area contributed by atoms with Gasteiger partial charge in [0.15, 0.2) is 0 Å². The van der Waals surface area contributed by atoms with Crippen molar-refractivity contribution in [1.82, 2.24) is 9.88 Å². The smallest absolute Gasteiger partial charge is 0.0959 e. The SMILES string of the molecule is Cc1cccc(CO[C@H]2CCOC3(C2)CN(Cc2cccc(Cl)c2)C3)n1. The van der Waals surface area contributed by atoms with Gasteiger partial charge in [-0.15, -0.1) is 0 Å². The summed E-state index contributed by atoms with van der Waals surface area (Å²) in [7, 11) is 0. The van der Waals surface area contributed by atoms with Gasteiger partial charge < -0.3 is 9.47 Å². The number of halogens is 1. The number of likely N-dealkylation sites (tertiary alicyclic amines) is 1. The highest BCUT2D eigenvalue weighted by molar-refractivity contribution is 6.30. The highest BCUT2D eigenvalue weighted by Crippen LogP contribution is 2.36. The van der Waals surface area contributed by atoms with Gasteiger partial charge in [0.2, 0.25) is 0 Å². The average molecular weight is 373 g/mol. The summed E-state index contributed by atoms with van der Waals surface area (Å²) >= 11 is 6.08. The molecule has 5 heteroatoms. The van der Waals surface area contributed by atoms with Gasteiger partial charge in [0, 0.05) is 43.4 Å². The maximum Gasteiger partial charge on any atom is 0.0959 e. The Bertz CT molecular complexity index is 761. The molecule has 2 aromatic rings. The van der Waals surface area contributed by atoms with Crippen molar-refractivity contribution in [3.05, 3.63) is 64.4 Å². The number of aryl methyl sites for hydroxylation is 1. The lowest BCUT2D eigenvalue weighted by Crippen LogP contribution is -2.65. The van der Waals surface area contributed by atoms with E-state index in [1.54, 1.807) is 0 Å². The van der Waals surface area contributed by atoms with Gasteiger partial charge >= 0.3 is 0 Å². The Labute approximate surface area is 160 Å². The van der Waals surface area contributed by atoms with Crippen LogP contribution in [0.5, 0.6) is 0 Å². The van der Waals surface area contributed by atoms with E-state index in [4.69, 9.17) is 21.1 Å². The lowest BCUT2D eigenvalue weighted by Gasteiger charge is -2.53. The van der Waals surface area contributed by atoms with Crippen LogP contribution in [0.1, 0.15) is 29.8 Å². The summed E-state index contributed by atoms with van der Waals surface area (Å²) in [6.45, 7) is 6.20. The molecule has 4 nitrogen and oxygen atoms in total. The zero-order chi connectivity index (χ0) is 18.0. The number of benzene rings is 1. The molecule has 1 aromatic heterocycles. The van der Waals surface area contributed by atoms with Gasteiger partial charge in [-0.25, -0.2) is 0 Å². The maximum absolute atomic E-state index is 6.15. The van der Waals surface area contributed by atoms with E-state index in [-0.39, 0.29) is 11.7 Å². The van der Waals surface area contributed by atoms with Crippen molar-refractivity contribution in [3.8, 4) is 0 Å². The van der Waals surface area contributed by atoms with E-state index in [9.17, 15) is 0 Å². The average Bonchev–Trinajstić information content (AvgIpc) is 2.59. The minimum absolute atomic E-state index is 0.0402. The van der Waals surface area contributed by atoms with Crippen LogP contribution in [0.3, 0.4) is 0 Å². The first kappa shape index (κ1) is 17.9. The van der Waals surface area contributed by atoms with Crippen LogP contribution in [0, 0.1) is 6.92 Å². The van der Waals surface area contributed by atoms with Gasteiger partial charge in [-0.05, 0) is 43.2 Å². The molecule has 0 unspecified atom stereocenters. The molecule has 1 spiro atoms. The molecule has 1 aromatic carbocycles. The molecule has 0 N–H and O–H groups in total. The topological polar surface area (TPSA) is 34.6 Å². The summed E-state index contributed by atoms with van der Waals surface area (Å²) in [5.74, 6) is 0. The van der Waals surface area contributed by atoms with E-state index < -0.39 is 0 Å². The van der Waals surface area contributed by atoms with Crippen molar-refractivity contribution in [2.75, 3.05) is 19.7 Å². The summed E-state index contributed by atoms with van der Waals surface area (Å²) in [6, 6.07) is 14.2. The molecule has 0 bridgehead atoms. The molecule has 2 saturated heterocycles. The molecule has 1 atom stereocenters. The van der Waals surface area contributed by atoms with Crippen LogP contribution >= 0.6 is 11.6 Å². The van der Waals surface area contributed by atoms with Crippen molar-refractivity contribution < 1.29 is 9.47 Å². The molecule has 2 fully saturated rings. The first-order chi connectivity index (χ1) is 12.6. The fourth-order valence-electron chi connectivity index (χ4n) is 4.00. The van der Waals surface area contributed by atoms with Crippen LogP contribution in [0.2, 0.25) is 5.02 Å². The van der Waals surface area contributed by atoms with E-state index >= 15 is 0 Å². The Hall–Kier alpha value is -1.46. The van der Waals surface area contributed by atoms with Gasteiger partial charge in [-0.2, -0.15) is 0 Å². The number of rotatable bonds is 5. The van der Waals surface area contributed by atoms with Gasteiger partial charge in [0.05, 0.1) is 24.0 Å². The minimum Gasteiger partial charge on any atom is -0.372 e. The first-order valence-electron chi connectivity index (χ1n) is 9.25. The zero-order valence-corrected chi connectivity index (χ0v) is 15.9. The largest absolute Gasteiger partial charge is 0.372 e. The van der Waals surface area contributed by atoms with Gasteiger partial charge in [0.1, 0.15) is 0 Å². The maximum atomic E-state index is 6.15. The summed E-state index contributed by atoms with van der Waals surface area (Å²) in [5.41, 5.74) is 3.25. The van der Waals surface area contributed by atoms with Crippen LogP contribution in [-0.2, 0) is 22.6 Å². The predicted octanol–water partition coefficient (Wildman–Crippen LogP) is 3.99. The van der Waals surface area contributed by atoms with Crippen molar-refractivity contribution in [2.45, 2.75) is 44.6 Å².